The van der Waals surface area contributed by atoms with Gasteiger partial charge in [-0.3, -0.25) is 4.79 Å². The van der Waals surface area contributed by atoms with E-state index in [1.807, 2.05) is 42.7 Å². The Hall–Kier alpha value is -3.87. The van der Waals surface area contributed by atoms with Crippen LogP contribution < -0.4 is 5.32 Å². The van der Waals surface area contributed by atoms with Crippen LogP contribution in [0.4, 0.5) is 0 Å². The molecule has 2 N–H and O–H groups in total. The quantitative estimate of drug-likeness (QED) is 0.497. The van der Waals surface area contributed by atoms with Crippen LogP contribution in [0.1, 0.15) is 15.9 Å². The van der Waals surface area contributed by atoms with E-state index in [2.05, 4.69) is 15.4 Å². The van der Waals surface area contributed by atoms with Gasteiger partial charge in [-0.15, -0.1) is 0 Å². The number of esters is 1. The molecule has 2 heterocycles. The van der Waals surface area contributed by atoms with E-state index in [1.165, 1.54) is 7.11 Å². The summed E-state index contributed by atoms with van der Waals surface area (Å²) < 4.78 is 6.61. The van der Waals surface area contributed by atoms with E-state index in [0.717, 1.165) is 22.2 Å². The van der Waals surface area contributed by atoms with Crippen LogP contribution in [0.25, 0.3) is 16.6 Å². The van der Waals surface area contributed by atoms with Crippen molar-refractivity contribution in [2.45, 2.75) is 12.5 Å². The van der Waals surface area contributed by atoms with Crippen LogP contribution in [0.5, 0.6) is 0 Å². The van der Waals surface area contributed by atoms with Gasteiger partial charge in [0.2, 0.25) is 0 Å². The number of carbonyl (C=O) groups is 2. The van der Waals surface area contributed by atoms with Crippen molar-refractivity contribution in [3.8, 4) is 5.69 Å². The molecular weight excluding hydrogens is 368 g/mol. The maximum atomic E-state index is 12.7. The van der Waals surface area contributed by atoms with E-state index >= 15 is 0 Å². The molecule has 4 rings (SSSR count). The summed E-state index contributed by atoms with van der Waals surface area (Å²) in [6, 6.07) is 15.9. The molecule has 0 bridgehead atoms. The molecule has 1 amide bonds. The molecule has 29 heavy (non-hydrogen) atoms. The van der Waals surface area contributed by atoms with E-state index in [4.69, 9.17) is 4.74 Å². The Morgan fingerprint density at radius 1 is 1.14 bits per heavy atom. The van der Waals surface area contributed by atoms with Crippen molar-refractivity contribution in [1.29, 1.82) is 0 Å². The van der Waals surface area contributed by atoms with Crippen LogP contribution in [0.3, 0.4) is 0 Å². The third kappa shape index (κ3) is 3.89. The SMILES string of the molecule is COC(=O)C(Cc1c[nH]c2ccccc12)NC(=O)c1ccc(-n2cccn2)cc1. The van der Waals surface area contributed by atoms with Crippen molar-refractivity contribution >= 4 is 22.8 Å². The highest BCUT2D eigenvalue weighted by atomic mass is 16.5. The average Bonchev–Trinajstić information content (AvgIpc) is 3.43. The summed E-state index contributed by atoms with van der Waals surface area (Å²) >= 11 is 0. The first-order valence-electron chi connectivity index (χ1n) is 9.19. The van der Waals surface area contributed by atoms with Crippen LogP contribution in [0.2, 0.25) is 0 Å². The Morgan fingerprint density at radius 2 is 1.93 bits per heavy atom. The highest BCUT2D eigenvalue weighted by Gasteiger charge is 2.24. The lowest BCUT2D eigenvalue weighted by Crippen LogP contribution is -2.43. The molecular formula is C22H20N4O3. The van der Waals surface area contributed by atoms with E-state index in [-0.39, 0.29) is 5.91 Å². The molecule has 0 radical (unpaired) electrons. The summed E-state index contributed by atoms with van der Waals surface area (Å²) in [5.74, 6) is -0.830. The van der Waals surface area contributed by atoms with Gasteiger partial charge in [0, 0.05) is 41.5 Å². The average molecular weight is 388 g/mol. The molecule has 146 valence electrons. The summed E-state index contributed by atoms with van der Waals surface area (Å²) in [4.78, 5) is 28.2. The zero-order valence-corrected chi connectivity index (χ0v) is 15.8. The summed E-state index contributed by atoms with van der Waals surface area (Å²) in [5, 5.41) is 7.97. The number of hydrogen-bond donors (Lipinski definition) is 2. The Labute approximate surface area is 167 Å². The fraction of sp³-hybridized carbons (Fsp3) is 0.136. The topological polar surface area (TPSA) is 89.0 Å². The van der Waals surface area contributed by atoms with Crippen molar-refractivity contribution in [2.24, 2.45) is 0 Å². The van der Waals surface area contributed by atoms with Crippen molar-refractivity contribution in [2.75, 3.05) is 7.11 Å². The first-order chi connectivity index (χ1) is 14.2. The molecule has 1 atom stereocenters. The smallest absolute Gasteiger partial charge is 0.328 e. The Kier molecular flexibility index (Phi) is 5.11. The molecule has 2 aromatic carbocycles. The number of carbonyl (C=O) groups excluding carboxylic acids is 2. The zero-order valence-electron chi connectivity index (χ0n) is 15.8. The first kappa shape index (κ1) is 18.5. The van der Waals surface area contributed by atoms with Crippen LogP contribution in [0.15, 0.2) is 73.2 Å². The highest BCUT2D eigenvalue weighted by Crippen LogP contribution is 2.19. The van der Waals surface area contributed by atoms with E-state index in [0.29, 0.717) is 12.0 Å². The number of hydrogen-bond acceptors (Lipinski definition) is 4. The fourth-order valence-corrected chi connectivity index (χ4v) is 3.28. The van der Waals surface area contributed by atoms with Gasteiger partial charge in [0.15, 0.2) is 0 Å². The zero-order chi connectivity index (χ0) is 20.2. The molecule has 0 fully saturated rings. The normalized spacial score (nSPS) is 11.9. The largest absolute Gasteiger partial charge is 0.467 e. The van der Waals surface area contributed by atoms with Gasteiger partial charge in [-0.2, -0.15) is 5.10 Å². The molecule has 0 spiro atoms. The minimum Gasteiger partial charge on any atom is -0.467 e. The minimum atomic E-state index is -0.794. The molecule has 1 unspecified atom stereocenters. The predicted octanol–water partition coefficient (Wildman–Crippen LogP) is 2.87. The number of fused-ring (bicyclic) bond motifs is 1. The van der Waals surface area contributed by atoms with Crippen molar-refractivity contribution < 1.29 is 14.3 Å². The number of nitrogens with one attached hydrogen (secondary N) is 2. The van der Waals surface area contributed by atoms with Crippen molar-refractivity contribution in [1.82, 2.24) is 20.1 Å². The number of nitrogens with zero attached hydrogens (tertiary/aromatic N) is 2. The molecule has 2 aromatic heterocycles. The second-order valence-electron chi connectivity index (χ2n) is 6.61. The molecule has 0 aliphatic rings. The van der Waals surface area contributed by atoms with Gasteiger partial charge in [-0.25, -0.2) is 9.48 Å². The highest BCUT2D eigenvalue weighted by molar-refractivity contribution is 5.97. The standard InChI is InChI=1S/C22H20N4O3/c1-29-22(28)20(13-16-14-23-19-6-3-2-5-18(16)19)25-21(27)15-7-9-17(10-8-15)26-12-4-11-24-26/h2-12,14,20,23H,13H2,1H3,(H,25,27). The number of amides is 1. The third-order valence-corrected chi connectivity index (χ3v) is 4.79. The molecule has 0 saturated heterocycles. The maximum Gasteiger partial charge on any atom is 0.328 e. The summed E-state index contributed by atoms with van der Waals surface area (Å²) in [6.45, 7) is 0. The number of para-hydroxylation sites is 1. The van der Waals surface area contributed by atoms with Crippen molar-refractivity contribution in [3.63, 3.8) is 0 Å². The summed E-state index contributed by atoms with van der Waals surface area (Å²) in [5.41, 5.74) is 3.21. The van der Waals surface area contributed by atoms with Gasteiger partial charge in [0.05, 0.1) is 12.8 Å². The second kappa shape index (κ2) is 8.02. The van der Waals surface area contributed by atoms with Crippen LogP contribution in [-0.4, -0.2) is 39.8 Å². The monoisotopic (exact) mass is 388 g/mol. The molecule has 0 aliphatic carbocycles. The Morgan fingerprint density at radius 3 is 2.66 bits per heavy atom. The summed E-state index contributed by atoms with van der Waals surface area (Å²) in [7, 11) is 1.32. The fourth-order valence-electron chi connectivity index (χ4n) is 3.28. The number of benzene rings is 2. The third-order valence-electron chi connectivity index (χ3n) is 4.79. The maximum absolute atomic E-state index is 12.7. The second-order valence-corrected chi connectivity index (χ2v) is 6.61. The lowest BCUT2D eigenvalue weighted by molar-refractivity contribution is -0.142. The van der Waals surface area contributed by atoms with Gasteiger partial charge < -0.3 is 15.0 Å². The number of ether oxygens (including phenoxy) is 1. The van der Waals surface area contributed by atoms with Crippen molar-refractivity contribution in [3.05, 3.63) is 84.3 Å². The molecule has 0 aliphatic heterocycles. The number of H-pyrrole nitrogens is 1. The molecule has 4 aromatic rings. The minimum absolute atomic E-state index is 0.327. The van der Waals surface area contributed by atoms with Crippen LogP contribution in [0, 0.1) is 0 Å². The van der Waals surface area contributed by atoms with Gasteiger partial charge in [-0.05, 0) is 42.0 Å². The van der Waals surface area contributed by atoms with E-state index in [9.17, 15) is 9.59 Å². The molecule has 7 nitrogen and oxygen atoms in total. The summed E-state index contributed by atoms with van der Waals surface area (Å²) in [6.07, 6.45) is 5.69. The number of methoxy groups -OCH3 is 1. The number of aromatic nitrogens is 3. The first-order valence-corrected chi connectivity index (χ1v) is 9.19. The number of aromatic amines is 1. The number of rotatable bonds is 6. The lowest BCUT2D eigenvalue weighted by Gasteiger charge is -2.16. The van der Waals surface area contributed by atoms with Gasteiger partial charge in [0.25, 0.3) is 5.91 Å². The predicted molar refractivity (Wildman–Crippen MR) is 109 cm³/mol. The Bertz CT molecular complexity index is 1130. The molecule has 0 saturated carbocycles. The van der Waals surface area contributed by atoms with Gasteiger partial charge in [0.1, 0.15) is 6.04 Å². The van der Waals surface area contributed by atoms with E-state index in [1.54, 1.807) is 35.1 Å². The molecule has 7 heteroatoms. The van der Waals surface area contributed by atoms with Gasteiger partial charge >= 0.3 is 5.97 Å². The van der Waals surface area contributed by atoms with E-state index < -0.39 is 12.0 Å². The van der Waals surface area contributed by atoms with Gasteiger partial charge in [-0.1, -0.05) is 18.2 Å². The van der Waals surface area contributed by atoms with Crippen LogP contribution >= 0.6 is 0 Å². The van der Waals surface area contributed by atoms with Crippen LogP contribution in [-0.2, 0) is 16.0 Å². The Balaban J connectivity index is 1.52. The lowest BCUT2D eigenvalue weighted by atomic mass is 10.0.